The van der Waals surface area contributed by atoms with Crippen LogP contribution < -0.4 is 15.4 Å². The number of hydrogen-bond donors (Lipinski definition) is 2. The van der Waals surface area contributed by atoms with Crippen molar-refractivity contribution in [1.29, 1.82) is 0 Å². The van der Waals surface area contributed by atoms with Crippen molar-refractivity contribution >= 4 is 15.8 Å². The van der Waals surface area contributed by atoms with Crippen LogP contribution in [0.25, 0.3) is 0 Å². The molecule has 0 amide bonds. The number of nitrogens with zero attached hydrogens (tertiary/aromatic N) is 1. The van der Waals surface area contributed by atoms with Crippen molar-refractivity contribution in [1.82, 2.24) is 10.6 Å². The molecule has 0 saturated heterocycles. The first-order valence-electron chi connectivity index (χ1n) is 9.72. The largest absolute Gasteiger partial charge is 0.490 e. The first-order chi connectivity index (χ1) is 13.7. The number of ether oxygens (including phenoxy) is 1. The van der Waals surface area contributed by atoms with Crippen LogP contribution in [0.5, 0.6) is 5.75 Å². The lowest BCUT2D eigenvalue weighted by Crippen LogP contribution is -2.36. The van der Waals surface area contributed by atoms with Gasteiger partial charge >= 0.3 is 0 Å². The molecule has 0 aliphatic heterocycles. The van der Waals surface area contributed by atoms with E-state index in [-0.39, 0.29) is 6.10 Å². The van der Waals surface area contributed by atoms with Crippen LogP contribution in [0.2, 0.25) is 0 Å². The average molecular weight is 418 g/mol. The summed E-state index contributed by atoms with van der Waals surface area (Å²) in [5, 5.41) is 6.55. The van der Waals surface area contributed by atoms with Gasteiger partial charge in [0.2, 0.25) is 0 Å². The molecule has 29 heavy (non-hydrogen) atoms. The number of aryl methyl sites for hydroxylation is 1. The zero-order valence-electron chi connectivity index (χ0n) is 17.8. The molecule has 1 atom stereocenters. The highest BCUT2D eigenvalue weighted by atomic mass is 32.2. The molecule has 0 aliphatic carbocycles. The van der Waals surface area contributed by atoms with Crippen molar-refractivity contribution in [2.45, 2.75) is 51.3 Å². The zero-order valence-corrected chi connectivity index (χ0v) is 18.6. The number of sulfone groups is 1. The smallest absolute Gasteiger partial charge is 0.191 e. The van der Waals surface area contributed by atoms with Crippen molar-refractivity contribution in [3.05, 3.63) is 59.2 Å². The van der Waals surface area contributed by atoms with Crippen molar-refractivity contribution in [3.63, 3.8) is 0 Å². The van der Waals surface area contributed by atoms with E-state index in [2.05, 4.69) is 54.6 Å². The Kier molecular flexibility index (Phi) is 8.08. The normalized spacial score (nSPS) is 13.1. The van der Waals surface area contributed by atoms with Gasteiger partial charge in [0.1, 0.15) is 5.75 Å². The van der Waals surface area contributed by atoms with E-state index in [4.69, 9.17) is 4.74 Å². The molecule has 2 N–H and O–H groups in total. The molecule has 0 aliphatic rings. The van der Waals surface area contributed by atoms with E-state index in [1.165, 1.54) is 6.26 Å². The summed E-state index contributed by atoms with van der Waals surface area (Å²) in [5.41, 5.74) is 3.19. The van der Waals surface area contributed by atoms with Crippen molar-refractivity contribution < 1.29 is 13.2 Å². The number of aliphatic imine (C=N–C) groups is 1. The third-order valence-corrected chi connectivity index (χ3v) is 5.74. The lowest BCUT2D eigenvalue weighted by molar-refractivity contribution is 0.215. The quantitative estimate of drug-likeness (QED) is 0.508. The summed E-state index contributed by atoms with van der Waals surface area (Å²) in [5.74, 6) is 1.55. The predicted molar refractivity (Wildman–Crippen MR) is 118 cm³/mol. The maximum absolute atomic E-state index is 11.6. The Balaban J connectivity index is 1.97. The van der Waals surface area contributed by atoms with E-state index in [0.29, 0.717) is 23.9 Å². The fourth-order valence-corrected chi connectivity index (χ4v) is 3.29. The Labute approximate surface area is 174 Å². The minimum Gasteiger partial charge on any atom is -0.490 e. The zero-order chi connectivity index (χ0) is 21.4. The van der Waals surface area contributed by atoms with Gasteiger partial charge in [-0.2, -0.15) is 0 Å². The average Bonchev–Trinajstić information content (AvgIpc) is 2.69. The molecule has 0 spiro atoms. The molecule has 6 nitrogen and oxygen atoms in total. The van der Waals surface area contributed by atoms with Crippen LogP contribution in [-0.2, 0) is 22.9 Å². The van der Waals surface area contributed by atoms with E-state index >= 15 is 0 Å². The van der Waals surface area contributed by atoms with Crippen LogP contribution in [0.3, 0.4) is 0 Å². The highest BCUT2D eigenvalue weighted by molar-refractivity contribution is 7.90. The van der Waals surface area contributed by atoms with Gasteiger partial charge in [-0.1, -0.05) is 31.2 Å². The Morgan fingerprint density at radius 1 is 1.10 bits per heavy atom. The van der Waals surface area contributed by atoms with Crippen LogP contribution >= 0.6 is 0 Å². The highest BCUT2D eigenvalue weighted by Crippen LogP contribution is 2.22. The van der Waals surface area contributed by atoms with E-state index in [0.717, 1.165) is 28.9 Å². The number of benzene rings is 2. The van der Waals surface area contributed by atoms with Gasteiger partial charge in [-0.05, 0) is 49.6 Å². The summed E-state index contributed by atoms with van der Waals surface area (Å²) >= 11 is 0. The van der Waals surface area contributed by atoms with Crippen LogP contribution in [0.1, 0.15) is 37.0 Å². The molecule has 0 fully saturated rings. The van der Waals surface area contributed by atoms with Gasteiger partial charge in [-0.25, -0.2) is 8.42 Å². The maximum atomic E-state index is 11.6. The topological polar surface area (TPSA) is 79.8 Å². The Hall–Kier alpha value is -2.54. The van der Waals surface area contributed by atoms with Crippen molar-refractivity contribution in [2.75, 3.05) is 13.3 Å². The lowest BCUT2D eigenvalue weighted by atomic mass is 10.1. The Morgan fingerprint density at radius 3 is 2.34 bits per heavy atom. The molecule has 0 aromatic heterocycles. The summed E-state index contributed by atoms with van der Waals surface area (Å²) in [6.07, 6.45) is 2.31. The number of rotatable bonds is 8. The van der Waals surface area contributed by atoms with Crippen molar-refractivity contribution in [2.24, 2.45) is 4.99 Å². The Morgan fingerprint density at radius 2 is 1.76 bits per heavy atom. The SMILES string of the molecule is CCC(C)Oc1cc(C)ccc1CNC(=NC)NCc1ccc(S(C)(=O)=O)cc1. The second-order valence-electron chi connectivity index (χ2n) is 7.14. The number of nitrogens with one attached hydrogen (secondary N) is 2. The summed E-state index contributed by atoms with van der Waals surface area (Å²) < 4.78 is 29.2. The molecule has 2 aromatic rings. The van der Waals surface area contributed by atoms with Crippen molar-refractivity contribution in [3.8, 4) is 5.75 Å². The van der Waals surface area contributed by atoms with Gasteiger partial charge in [0.25, 0.3) is 0 Å². The van der Waals surface area contributed by atoms with E-state index < -0.39 is 9.84 Å². The van der Waals surface area contributed by atoms with E-state index in [1.807, 2.05) is 0 Å². The van der Waals surface area contributed by atoms with Gasteiger partial charge in [0, 0.05) is 32.0 Å². The molecule has 0 bridgehead atoms. The minimum absolute atomic E-state index is 0.155. The molecule has 2 aromatic carbocycles. The summed E-state index contributed by atoms with van der Waals surface area (Å²) in [6, 6.07) is 13.0. The summed E-state index contributed by atoms with van der Waals surface area (Å²) in [4.78, 5) is 4.57. The van der Waals surface area contributed by atoms with E-state index in [1.54, 1.807) is 31.3 Å². The van der Waals surface area contributed by atoms with Gasteiger partial charge in [0.15, 0.2) is 15.8 Å². The molecule has 7 heteroatoms. The highest BCUT2D eigenvalue weighted by Gasteiger charge is 2.09. The second kappa shape index (κ2) is 10.3. The third-order valence-electron chi connectivity index (χ3n) is 4.61. The summed E-state index contributed by atoms with van der Waals surface area (Å²) in [7, 11) is -1.47. The van der Waals surface area contributed by atoms with Gasteiger partial charge in [0.05, 0.1) is 11.0 Å². The summed E-state index contributed by atoms with van der Waals surface area (Å²) in [6.45, 7) is 7.34. The monoisotopic (exact) mass is 417 g/mol. The minimum atomic E-state index is -3.18. The van der Waals surface area contributed by atoms with Crippen LogP contribution in [0.15, 0.2) is 52.4 Å². The molecule has 0 radical (unpaired) electrons. The van der Waals surface area contributed by atoms with E-state index in [9.17, 15) is 8.42 Å². The first-order valence-corrected chi connectivity index (χ1v) is 11.6. The molecule has 1 unspecified atom stereocenters. The molecular formula is C22H31N3O3S. The molecule has 0 heterocycles. The molecule has 0 saturated carbocycles. The van der Waals surface area contributed by atoms with Crippen LogP contribution in [-0.4, -0.2) is 33.8 Å². The fourth-order valence-electron chi connectivity index (χ4n) is 2.66. The van der Waals surface area contributed by atoms with Gasteiger partial charge < -0.3 is 15.4 Å². The number of hydrogen-bond acceptors (Lipinski definition) is 4. The van der Waals surface area contributed by atoms with Gasteiger partial charge in [-0.3, -0.25) is 4.99 Å². The standard InChI is InChI=1S/C22H31N3O3S/c1-6-17(3)28-21-13-16(2)7-10-19(21)15-25-22(23-4)24-14-18-8-11-20(12-9-18)29(5,26)27/h7-13,17H,6,14-15H2,1-5H3,(H2,23,24,25). The maximum Gasteiger partial charge on any atom is 0.191 e. The van der Waals surface area contributed by atoms with Crippen LogP contribution in [0.4, 0.5) is 0 Å². The first kappa shape index (κ1) is 22.7. The predicted octanol–water partition coefficient (Wildman–Crippen LogP) is 3.44. The molecule has 158 valence electrons. The number of guanidine groups is 1. The fraction of sp³-hybridized carbons (Fsp3) is 0.409. The lowest BCUT2D eigenvalue weighted by Gasteiger charge is -2.18. The van der Waals surface area contributed by atoms with Crippen LogP contribution in [0, 0.1) is 6.92 Å². The van der Waals surface area contributed by atoms with Gasteiger partial charge in [-0.15, -0.1) is 0 Å². The molecule has 2 rings (SSSR count). The Bertz CT molecular complexity index is 938. The third kappa shape index (κ3) is 7.09. The molecular weight excluding hydrogens is 386 g/mol. The second-order valence-corrected chi connectivity index (χ2v) is 9.16.